The molecule has 1 saturated heterocycles. The van der Waals surface area contributed by atoms with Gasteiger partial charge in [0.15, 0.2) is 0 Å². The van der Waals surface area contributed by atoms with E-state index in [4.69, 9.17) is 0 Å². The molecule has 1 aliphatic heterocycles. The lowest BCUT2D eigenvalue weighted by Gasteiger charge is -2.40. The zero-order chi connectivity index (χ0) is 12.3. The van der Waals surface area contributed by atoms with Gasteiger partial charge < -0.3 is 15.7 Å². The van der Waals surface area contributed by atoms with Gasteiger partial charge in [-0.2, -0.15) is 0 Å². The summed E-state index contributed by atoms with van der Waals surface area (Å²) < 4.78 is 0. The van der Waals surface area contributed by atoms with Crippen molar-refractivity contribution in [3.05, 3.63) is 0 Å². The summed E-state index contributed by atoms with van der Waals surface area (Å²) in [5, 5.41) is 15.9. The highest BCUT2D eigenvalue weighted by molar-refractivity contribution is 5.82. The first kappa shape index (κ1) is 12.8. The SMILES string of the molecule is CC1CCCC(CO)(NC(=O)[C@H]2CCCN2)C1. The average Bonchev–Trinajstić information content (AvgIpc) is 2.82. The molecule has 1 amide bonds. The van der Waals surface area contributed by atoms with Crippen LogP contribution in [0.5, 0.6) is 0 Å². The topological polar surface area (TPSA) is 61.4 Å². The van der Waals surface area contributed by atoms with Crippen molar-refractivity contribution >= 4 is 5.91 Å². The normalized spacial score (nSPS) is 38.0. The number of hydrogen-bond acceptors (Lipinski definition) is 3. The lowest BCUT2D eigenvalue weighted by molar-refractivity contribution is -0.126. The minimum atomic E-state index is -0.362. The maximum atomic E-state index is 12.1. The van der Waals surface area contributed by atoms with Crippen LogP contribution in [-0.2, 0) is 4.79 Å². The molecule has 4 heteroatoms. The van der Waals surface area contributed by atoms with Crippen molar-refractivity contribution in [1.29, 1.82) is 0 Å². The molecule has 1 saturated carbocycles. The van der Waals surface area contributed by atoms with Gasteiger partial charge in [0, 0.05) is 0 Å². The molecular formula is C13H24N2O2. The smallest absolute Gasteiger partial charge is 0.237 e. The Kier molecular flexibility index (Phi) is 4.05. The van der Waals surface area contributed by atoms with Gasteiger partial charge in [0.1, 0.15) is 0 Å². The molecule has 4 nitrogen and oxygen atoms in total. The van der Waals surface area contributed by atoms with Crippen LogP contribution in [0.15, 0.2) is 0 Å². The van der Waals surface area contributed by atoms with E-state index in [0.29, 0.717) is 5.92 Å². The van der Waals surface area contributed by atoms with Gasteiger partial charge in [0.2, 0.25) is 5.91 Å². The Balaban J connectivity index is 1.95. The third-order valence-corrected chi connectivity index (χ3v) is 4.16. The third kappa shape index (κ3) is 2.99. The van der Waals surface area contributed by atoms with Crippen molar-refractivity contribution in [3.63, 3.8) is 0 Å². The molecule has 17 heavy (non-hydrogen) atoms. The second kappa shape index (κ2) is 5.36. The number of rotatable bonds is 3. The molecule has 0 radical (unpaired) electrons. The molecule has 2 aliphatic rings. The fourth-order valence-electron chi connectivity index (χ4n) is 3.21. The second-order valence-corrected chi connectivity index (χ2v) is 5.78. The van der Waals surface area contributed by atoms with Crippen molar-refractivity contribution in [2.24, 2.45) is 5.92 Å². The number of aliphatic hydroxyl groups is 1. The van der Waals surface area contributed by atoms with Gasteiger partial charge in [-0.3, -0.25) is 4.79 Å². The Bertz CT molecular complexity index is 277. The molecule has 0 aromatic rings. The molecule has 1 heterocycles. The Morgan fingerprint density at radius 2 is 2.29 bits per heavy atom. The highest BCUT2D eigenvalue weighted by atomic mass is 16.3. The van der Waals surface area contributed by atoms with Crippen molar-refractivity contribution < 1.29 is 9.90 Å². The second-order valence-electron chi connectivity index (χ2n) is 5.78. The van der Waals surface area contributed by atoms with Crippen LogP contribution in [0.1, 0.15) is 45.4 Å². The van der Waals surface area contributed by atoms with Crippen LogP contribution in [0, 0.1) is 5.92 Å². The lowest BCUT2D eigenvalue weighted by Crippen LogP contribution is -2.57. The Morgan fingerprint density at radius 1 is 1.47 bits per heavy atom. The summed E-state index contributed by atoms with van der Waals surface area (Å²) in [7, 11) is 0. The van der Waals surface area contributed by atoms with Crippen molar-refractivity contribution in [2.45, 2.75) is 57.0 Å². The van der Waals surface area contributed by atoms with E-state index in [1.54, 1.807) is 0 Å². The van der Waals surface area contributed by atoms with Crippen LogP contribution in [-0.4, -0.2) is 35.7 Å². The number of hydrogen-bond donors (Lipinski definition) is 3. The summed E-state index contributed by atoms with van der Waals surface area (Å²) in [5.41, 5.74) is -0.362. The number of nitrogens with one attached hydrogen (secondary N) is 2. The fraction of sp³-hybridized carbons (Fsp3) is 0.923. The van der Waals surface area contributed by atoms with E-state index in [1.165, 1.54) is 6.42 Å². The van der Waals surface area contributed by atoms with E-state index >= 15 is 0 Å². The molecule has 0 spiro atoms. The molecule has 0 aromatic heterocycles. The van der Waals surface area contributed by atoms with E-state index < -0.39 is 0 Å². The van der Waals surface area contributed by atoms with Gasteiger partial charge >= 0.3 is 0 Å². The van der Waals surface area contributed by atoms with Gasteiger partial charge in [0.05, 0.1) is 18.2 Å². The summed E-state index contributed by atoms with van der Waals surface area (Å²) in [5.74, 6) is 0.665. The first-order chi connectivity index (χ1) is 8.15. The third-order valence-electron chi connectivity index (χ3n) is 4.16. The molecule has 0 bridgehead atoms. The van der Waals surface area contributed by atoms with Crippen LogP contribution in [0.3, 0.4) is 0 Å². The first-order valence-corrected chi connectivity index (χ1v) is 6.81. The fourth-order valence-corrected chi connectivity index (χ4v) is 3.21. The van der Waals surface area contributed by atoms with E-state index in [2.05, 4.69) is 17.6 Å². The summed E-state index contributed by atoms with van der Waals surface area (Å²) in [6.45, 7) is 3.19. The van der Waals surface area contributed by atoms with E-state index in [0.717, 1.165) is 38.6 Å². The Hall–Kier alpha value is -0.610. The van der Waals surface area contributed by atoms with Crippen molar-refractivity contribution in [2.75, 3.05) is 13.2 Å². The van der Waals surface area contributed by atoms with E-state index in [9.17, 15) is 9.90 Å². The molecule has 0 aromatic carbocycles. The number of carbonyl (C=O) groups is 1. The Labute approximate surface area is 103 Å². The van der Waals surface area contributed by atoms with Gasteiger partial charge in [-0.1, -0.05) is 19.8 Å². The van der Waals surface area contributed by atoms with Crippen LogP contribution in [0.25, 0.3) is 0 Å². The summed E-state index contributed by atoms with van der Waals surface area (Å²) in [6, 6.07) is -0.0457. The molecule has 2 rings (SSSR count). The summed E-state index contributed by atoms with van der Waals surface area (Å²) in [6.07, 6.45) is 6.11. The van der Waals surface area contributed by atoms with Crippen molar-refractivity contribution in [3.8, 4) is 0 Å². The van der Waals surface area contributed by atoms with E-state index in [1.807, 2.05) is 0 Å². The van der Waals surface area contributed by atoms with Crippen LogP contribution in [0.4, 0.5) is 0 Å². The standard InChI is InChI=1S/C13H24N2O2/c1-10-4-2-6-13(8-10,9-16)15-12(17)11-5-3-7-14-11/h10-11,14,16H,2-9H2,1H3,(H,15,17)/t10?,11-,13?/m1/s1. The molecule has 2 unspecified atom stereocenters. The predicted molar refractivity (Wildman–Crippen MR) is 66.6 cm³/mol. The molecule has 3 atom stereocenters. The van der Waals surface area contributed by atoms with Gasteiger partial charge in [-0.15, -0.1) is 0 Å². The van der Waals surface area contributed by atoms with Crippen LogP contribution in [0.2, 0.25) is 0 Å². The van der Waals surface area contributed by atoms with Gasteiger partial charge in [0.25, 0.3) is 0 Å². The summed E-state index contributed by atoms with van der Waals surface area (Å²) in [4.78, 5) is 12.1. The largest absolute Gasteiger partial charge is 0.394 e. The molecule has 3 N–H and O–H groups in total. The molecule has 98 valence electrons. The summed E-state index contributed by atoms with van der Waals surface area (Å²) >= 11 is 0. The Morgan fingerprint density at radius 3 is 2.88 bits per heavy atom. The number of aliphatic hydroxyl groups excluding tert-OH is 1. The molecular weight excluding hydrogens is 216 g/mol. The monoisotopic (exact) mass is 240 g/mol. The quantitative estimate of drug-likeness (QED) is 0.683. The van der Waals surface area contributed by atoms with Crippen LogP contribution >= 0.6 is 0 Å². The maximum absolute atomic E-state index is 12.1. The minimum Gasteiger partial charge on any atom is -0.394 e. The van der Waals surface area contributed by atoms with Gasteiger partial charge in [-0.05, 0) is 38.1 Å². The highest BCUT2D eigenvalue weighted by Crippen LogP contribution is 2.32. The zero-order valence-electron chi connectivity index (χ0n) is 10.7. The predicted octanol–water partition coefficient (Wildman–Crippen LogP) is 0.796. The van der Waals surface area contributed by atoms with Crippen LogP contribution < -0.4 is 10.6 Å². The van der Waals surface area contributed by atoms with Crippen molar-refractivity contribution in [1.82, 2.24) is 10.6 Å². The minimum absolute atomic E-state index is 0.0457. The zero-order valence-corrected chi connectivity index (χ0v) is 10.7. The number of amides is 1. The highest BCUT2D eigenvalue weighted by Gasteiger charge is 2.37. The lowest BCUT2D eigenvalue weighted by atomic mass is 9.76. The van der Waals surface area contributed by atoms with Gasteiger partial charge in [-0.25, -0.2) is 0 Å². The molecule has 1 aliphatic carbocycles. The average molecular weight is 240 g/mol. The number of carbonyl (C=O) groups excluding carboxylic acids is 1. The van der Waals surface area contributed by atoms with E-state index in [-0.39, 0.29) is 24.1 Å². The molecule has 2 fully saturated rings. The maximum Gasteiger partial charge on any atom is 0.237 e. The first-order valence-electron chi connectivity index (χ1n) is 6.81.